The van der Waals surface area contributed by atoms with Crippen LogP contribution in [0.2, 0.25) is 0 Å². The number of carbonyl (C=O) groups is 1. The number of amides is 1. The summed E-state index contributed by atoms with van der Waals surface area (Å²) in [4.78, 5) is 15.7. The minimum atomic E-state index is 0.0464. The van der Waals surface area contributed by atoms with Crippen molar-refractivity contribution in [2.75, 3.05) is 32.7 Å². The van der Waals surface area contributed by atoms with Crippen LogP contribution in [0, 0.1) is 0 Å². The summed E-state index contributed by atoms with van der Waals surface area (Å²) in [5.74, 6) is 0.175. The molecule has 19 heavy (non-hydrogen) atoms. The average Bonchev–Trinajstić information content (AvgIpc) is 2.65. The van der Waals surface area contributed by atoms with E-state index in [0.29, 0.717) is 0 Å². The number of hydrogen-bond acceptors (Lipinski definition) is 3. The first kappa shape index (κ1) is 14.0. The Morgan fingerprint density at radius 1 is 1.21 bits per heavy atom. The van der Waals surface area contributed by atoms with Gasteiger partial charge in [0.15, 0.2) is 0 Å². The fraction of sp³-hybridized carbons (Fsp3) is 0.533. The predicted molar refractivity (Wildman–Crippen MR) is 76.7 cm³/mol. The average molecular weight is 261 g/mol. The van der Waals surface area contributed by atoms with E-state index in [1.165, 1.54) is 5.56 Å². The highest BCUT2D eigenvalue weighted by atomic mass is 16.2. The largest absolute Gasteiger partial charge is 0.342 e. The Morgan fingerprint density at radius 2 is 1.95 bits per heavy atom. The molecule has 2 N–H and O–H groups in total. The molecule has 1 saturated heterocycles. The smallest absolute Gasteiger partial charge is 0.219 e. The molecule has 0 bridgehead atoms. The van der Waals surface area contributed by atoms with Gasteiger partial charge in [0, 0.05) is 39.1 Å². The van der Waals surface area contributed by atoms with Crippen LogP contribution in [0.25, 0.3) is 0 Å². The van der Waals surface area contributed by atoms with Gasteiger partial charge in [-0.3, -0.25) is 9.69 Å². The molecule has 1 aromatic carbocycles. The van der Waals surface area contributed by atoms with Crippen molar-refractivity contribution in [2.24, 2.45) is 5.73 Å². The monoisotopic (exact) mass is 261 g/mol. The maximum absolute atomic E-state index is 11.4. The van der Waals surface area contributed by atoms with Gasteiger partial charge in [-0.05, 0) is 18.5 Å². The number of carbonyl (C=O) groups excluding carboxylic acids is 1. The maximum Gasteiger partial charge on any atom is 0.219 e. The number of nitrogens with zero attached hydrogens (tertiary/aromatic N) is 2. The molecular weight excluding hydrogens is 238 g/mol. The van der Waals surface area contributed by atoms with Gasteiger partial charge in [0.05, 0.1) is 0 Å². The molecular formula is C15H23N3O. The summed E-state index contributed by atoms with van der Waals surface area (Å²) in [6.07, 6.45) is 1.03. The zero-order chi connectivity index (χ0) is 13.7. The van der Waals surface area contributed by atoms with Crippen LogP contribution < -0.4 is 5.73 Å². The second-order valence-corrected chi connectivity index (χ2v) is 5.18. The Kier molecular flexibility index (Phi) is 4.93. The van der Waals surface area contributed by atoms with E-state index in [0.717, 1.165) is 39.1 Å². The van der Waals surface area contributed by atoms with Crippen molar-refractivity contribution in [3.8, 4) is 0 Å². The Balaban J connectivity index is 1.88. The molecule has 104 valence electrons. The van der Waals surface area contributed by atoms with Gasteiger partial charge in [-0.1, -0.05) is 30.3 Å². The van der Waals surface area contributed by atoms with Crippen LogP contribution >= 0.6 is 0 Å². The fourth-order valence-electron chi connectivity index (χ4n) is 2.55. The summed E-state index contributed by atoms with van der Waals surface area (Å²) in [6, 6.07) is 10.2. The number of benzene rings is 1. The summed E-state index contributed by atoms with van der Waals surface area (Å²) in [5, 5.41) is 0. The normalized spacial score (nSPS) is 18.9. The van der Waals surface area contributed by atoms with E-state index in [4.69, 9.17) is 5.73 Å². The van der Waals surface area contributed by atoms with Crippen molar-refractivity contribution in [3.63, 3.8) is 0 Å². The van der Waals surface area contributed by atoms with Crippen LogP contribution in [-0.4, -0.2) is 48.4 Å². The maximum atomic E-state index is 11.4. The molecule has 1 atom stereocenters. The SMILES string of the molecule is CC(=O)N1CCCN(CC(N)c2ccccc2)CC1. The van der Waals surface area contributed by atoms with Crippen LogP contribution in [0.4, 0.5) is 0 Å². The van der Waals surface area contributed by atoms with Crippen LogP contribution in [0.15, 0.2) is 30.3 Å². The molecule has 0 radical (unpaired) electrons. The second-order valence-electron chi connectivity index (χ2n) is 5.18. The third kappa shape index (κ3) is 4.04. The molecule has 1 amide bonds. The zero-order valence-corrected chi connectivity index (χ0v) is 11.6. The fourth-order valence-corrected chi connectivity index (χ4v) is 2.55. The molecule has 4 nitrogen and oxygen atoms in total. The quantitative estimate of drug-likeness (QED) is 0.890. The first-order chi connectivity index (χ1) is 9.16. The Labute approximate surface area is 115 Å². The van der Waals surface area contributed by atoms with Gasteiger partial charge in [-0.15, -0.1) is 0 Å². The van der Waals surface area contributed by atoms with E-state index in [9.17, 15) is 4.79 Å². The van der Waals surface area contributed by atoms with E-state index in [2.05, 4.69) is 17.0 Å². The highest BCUT2D eigenvalue weighted by molar-refractivity contribution is 5.73. The molecule has 1 unspecified atom stereocenters. The molecule has 1 aliphatic heterocycles. The number of hydrogen-bond donors (Lipinski definition) is 1. The molecule has 0 aliphatic carbocycles. The van der Waals surface area contributed by atoms with E-state index in [1.54, 1.807) is 6.92 Å². The van der Waals surface area contributed by atoms with Crippen molar-refractivity contribution in [3.05, 3.63) is 35.9 Å². The van der Waals surface area contributed by atoms with Crippen molar-refractivity contribution in [1.82, 2.24) is 9.80 Å². The first-order valence-electron chi connectivity index (χ1n) is 6.95. The van der Waals surface area contributed by atoms with Crippen molar-refractivity contribution >= 4 is 5.91 Å². The van der Waals surface area contributed by atoms with Gasteiger partial charge in [0.2, 0.25) is 5.91 Å². The minimum Gasteiger partial charge on any atom is -0.342 e. The Bertz CT molecular complexity index is 407. The third-order valence-corrected chi connectivity index (χ3v) is 3.72. The summed E-state index contributed by atoms with van der Waals surface area (Å²) in [7, 11) is 0. The topological polar surface area (TPSA) is 49.6 Å². The summed E-state index contributed by atoms with van der Waals surface area (Å²) < 4.78 is 0. The summed E-state index contributed by atoms with van der Waals surface area (Å²) in [5.41, 5.74) is 7.43. The molecule has 4 heteroatoms. The first-order valence-corrected chi connectivity index (χ1v) is 6.95. The van der Waals surface area contributed by atoms with Crippen LogP contribution in [-0.2, 0) is 4.79 Å². The highest BCUT2D eigenvalue weighted by Crippen LogP contribution is 2.13. The van der Waals surface area contributed by atoms with E-state index in [-0.39, 0.29) is 11.9 Å². The Hall–Kier alpha value is -1.39. The van der Waals surface area contributed by atoms with E-state index < -0.39 is 0 Å². The lowest BCUT2D eigenvalue weighted by Gasteiger charge is -2.24. The number of nitrogens with two attached hydrogens (primary N) is 1. The molecule has 2 rings (SSSR count). The summed E-state index contributed by atoms with van der Waals surface area (Å²) in [6.45, 7) is 6.12. The van der Waals surface area contributed by atoms with Gasteiger partial charge in [-0.2, -0.15) is 0 Å². The Morgan fingerprint density at radius 3 is 2.63 bits per heavy atom. The van der Waals surface area contributed by atoms with Gasteiger partial charge in [0.25, 0.3) is 0 Å². The lowest BCUT2D eigenvalue weighted by molar-refractivity contribution is -0.128. The predicted octanol–water partition coefficient (Wildman–Crippen LogP) is 1.24. The summed E-state index contributed by atoms with van der Waals surface area (Å²) >= 11 is 0. The van der Waals surface area contributed by atoms with Gasteiger partial charge < -0.3 is 10.6 Å². The molecule has 0 spiro atoms. The molecule has 0 saturated carbocycles. The van der Waals surface area contributed by atoms with Crippen molar-refractivity contribution < 1.29 is 4.79 Å². The van der Waals surface area contributed by atoms with E-state index in [1.807, 2.05) is 23.1 Å². The standard InChI is InChI=1S/C15H23N3O/c1-13(19)18-9-5-8-17(10-11-18)12-15(16)14-6-3-2-4-7-14/h2-4,6-7,15H,5,8-12,16H2,1H3. The lowest BCUT2D eigenvalue weighted by atomic mass is 10.1. The van der Waals surface area contributed by atoms with Crippen LogP contribution in [0.5, 0.6) is 0 Å². The minimum absolute atomic E-state index is 0.0464. The van der Waals surface area contributed by atoms with Gasteiger partial charge in [-0.25, -0.2) is 0 Å². The number of rotatable bonds is 3. The van der Waals surface area contributed by atoms with Crippen LogP contribution in [0.3, 0.4) is 0 Å². The van der Waals surface area contributed by atoms with Crippen molar-refractivity contribution in [1.29, 1.82) is 0 Å². The molecule has 1 aromatic rings. The van der Waals surface area contributed by atoms with Crippen molar-refractivity contribution in [2.45, 2.75) is 19.4 Å². The molecule has 1 aliphatic rings. The highest BCUT2D eigenvalue weighted by Gasteiger charge is 2.18. The second kappa shape index (κ2) is 6.68. The van der Waals surface area contributed by atoms with Gasteiger partial charge in [0.1, 0.15) is 0 Å². The molecule has 1 heterocycles. The lowest BCUT2D eigenvalue weighted by Crippen LogP contribution is -2.36. The zero-order valence-electron chi connectivity index (χ0n) is 11.6. The third-order valence-electron chi connectivity index (χ3n) is 3.72. The van der Waals surface area contributed by atoms with Crippen LogP contribution in [0.1, 0.15) is 24.9 Å². The molecule has 0 aromatic heterocycles. The van der Waals surface area contributed by atoms with Gasteiger partial charge >= 0.3 is 0 Å². The van der Waals surface area contributed by atoms with E-state index >= 15 is 0 Å². The molecule has 1 fully saturated rings.